The van der Waals surface area contributed by atoms with Crippen LogP contribution in [-0.4, -0.2) is 34.7 Å². The molecule has 0 radical (unpaired) electrons. The number of hydrogen-bond donors (Lipinski definition) is 3. The van der Waals surface area contributed by atoms with Gasteiger partial charge in [-0.1, -0.05) is 38.1 Å². The van der Waals surface area contributed by atoms with Crippen LogP contribution >= 0.6 is 0 Å². The second-order valence-electron chi connectivity index (χ2n) is 8.48. The maximum atomic E-state index is 12.8. The van der Waals surface area contributed by atoms with Gasteiger partial charge in [0.25, 0.3) is 5.91 Å². The molecular weight excluding hydrogens is 408 g/mol. The predicted molar refractivity (Wildman–Crippen MR) is 119 cm³/mol. The van der Waals surface area contributed by atoms with E-state index in [0.29, 0.717) is 31.0 Å². The van der Waals surface area contributed by atoms with Crippen molar-refractivity contribution in [1.29, 1.82) is 0 Å². The molecule has 0 saturated carbocycles. The van der Waals surface area contributed by atoms with Crippen LogP contribution in [0, 0.1) is 0 Å². The van der Waals surface area contributed by atoms with Crippen LogP contribution in [0.2, 0.25) is 0 Å². The average molecular weight is 434 g/mol. The number of nitrogens with zero attached hydrogens (tertiary/aromatic N) is 1. The quantitative estimate of drug-likeness (QED) is 0.629. The molecule has 3 N–H and O–H groups in total. The summed E-state index contributed by atoms with van der Waals surface area (Å²) < 4.78 is 0. The monoisotopic (exact) mass is 434 g/mol. The van der Waals surface area contributed by atoms with Crippen LogP contribution < -0.4 is 16.0 Å². The summed E-state index contributed by atoms with van der Waals surface area (Å²) in [5.41, 5.74) is 4.09. The van der Waals surface area contributed by atoms with Crippen molar-refractivity contribution in [3.63, 3.8) is 0 Å². The summed E-state index contributed by atoms with van der Waals surface area (Å²) in [6.07, 6.45) is 0.553. The highest BCUT2D eigenvalue weighted by Gasteiger charge is 2.39. The zero-order valence-electron chi connectivity index (χ0n) is 18.1. The summed E-state index contributed by atoms with van der Waals surface area (Å²) in [4.78, 5) is 50.1. The van der Waals surface area contributed by atoms with Gasteiger partial charge in [0.15, 0.2) is 0 Å². The van der Waals surface area contributed by atoms with Crippen molar-refractivity contribution in [2.45, 2.75) is 51.7 Å². The standard InChI is InChI=1S/C24H26N4O4/c1-14(2)16-4-3-5-18(11-16)26-24(32)25-12-15-6-7-19-17(10-15)13-28(23(19)31)20-8-9-21(29)27-22(20)30/h3-7,10-11,14,20H,8-9,12-13H2,1-2H3,(H2,25,26,32)(H,27,29,30). The van der Waals surface area contributed by atoms with Crippen molar-refractivity contribution in [3.05, 3.63) is 64.7 Å². The minimum absolute atomic E-state index is 0.211. The summed E-state index contributed by atoms with van der Waals surface area (Å²) in [6, 6.07) is 12.2. The third-order valence-corrected chi connectivity index (χ3v) is 5.85. The molecule has 8 heteroatoms. The third kappa shape index (κ3) is 4.49. The van der Waals surface area contributed by atoms with Crippen LogP contribution in [0.5, 0.6) is 0 Å². The van der Waals surface area contributed by atoms with E-state index in [9.17, 15) is 19.2 Å². The maximum Gasteiger partial charge on any atom is 0.319 e. The Kier molecular flexibility index (Phi) is 5.94. The van der Waals surface area contributed by atoms with Crippen molar-refractivity contribution in [1.82, 2.24) is 15.5 Å². The molecule has 8 nitrogen and oxygen atoms in total. The Morgan fingerprint density at radius 3 is 2.72 bits per heavy atom. The van der Waals surface area contributed by atoms with E-state index in [1.165, 1.54) is 4.90 Å². The van der Waals surface area contributed by atoms with Gasteiger partial charge >= 0.3 is 6.03 Å². The molecule has 4 rings (SSSR count). The lowest BCUT2D eigenvalue weighted by Gasteiger charge is -2.29. The number of anilines is 1. The Morgan fingerprint density at radius 1 is 1.16 bits per heavy atom. The van der Waals surface area contributed by atoms with Gasteiger partial charge in [-0.3, -0.25) is 19.7 Å². The Labute approximate surface area is 186 Å². The van der Waals surface area contributed by atoms with Crippen LogP contribution in [0.4, 0.5) is 10.5 Å². The molecule has 1 atom stereocenters. The molecule has 0 spiro atoms. The number of carbonyl (C=O) groups is 4. The first-order valence-corrected chi connectivity index (χ1v) is 10.7. The van der Waals surface area contributed by atoms with Crippen molar-refractivity contribution >= 4 is 29.4 Å². The molecule has 32 heavy (non-hydrogen) atoms. The fraction of sp³-hybridized carbons (Fsp3) is 0.333. The first-order valence-electron chi connectivity index (χ1n) is 10.7. The zero-order chi connectivity index (χ0) is 22.8. The Hall–Kier alpha value is -3.68. The number of carbonyl (C=O) groups excluding carboxylic acids is 4. The van der Waals surface area contributed by atoms with Crippen LogP contribution in [0.15, 0.2) is 42.5 Å². The minimum Gasteiger partial charge on any atom is -0.334 e. The molecule has 2 aromatic carbocycles. The van der Waals surface area contributed by atoms with Crippen molar-refractivity contribution in [2.75, 3.05) is 5.32 Å². The van der Waals surface area contributed by atoms with E-state index in [1.807, 2.05) is 30.3 Å². The van der Waals surface area contributed by atoms with Crippen LogP contribution in [0.1, 0.15) is 59.7 Å². The maximum absolute atomic E-state index is 12.8. The number of imide groups is 1. The summed E-state index contributed by atoms with van der Waals surface area (Å²) in [5, 5.41) is 7.98. The minimum atomic E-state index is -0.637. The van der Waals surface area contributed by atoms with Crippen molar-refractivity contribution < 1.29 is 19.2 Å². The fourth-order valence-corrected chi connectivity index (χ4v) is 4.07. The number of fused-ring (bicyclic) bond motifs is 1. The first-order chi connectivity index (χ1) is 15.3. The summed E-state index contributed by atoms with van der Waals surface area (Å²) in [7, 11) is 0. The largest absolute Gasteiger partial charge is 0.334 e. The molecule has 5 amide bonds. The number of piperidine rings is 1. The van der Waals surface area contributed by atoms with E-state index < -0.39 is 11.9 Å². The smallest absolute Gasteiger partial charge is 0.319 e. The van der Waals surface area contributed by atoms with Gasteiger partial charge < -0.3 is 15.5 Å². The zero-order valence-corrected chi connectivity index (χ0v) is 18.1. The molecule has 1 unspecified atom stereocenters. The summed E-state index contributed by atoms with van der Waals surface area (Å²) >= 11 is 0. The molecule has 2 heterocycles. The van der Waals surface area contributed by atoms with Crippen molar-refractivity contribution in [2.24, 2.45) is 0 Å². The lowest BCUT2D eigenvalue weighted by molar-refractivity contribution is -0.136. The number of rotatable bonds is 5. The molecule has 0 aromatic heterocycles. The molecule has 2 aromatic rings. The fourth-order valence-electron chi connectivity index (χ4n) is 4.07. The van der Waals surface area contributed by atoms with Gasteiger partial charge in [0.2, 0.25) is 11.8 Å². The number of benzene rings is 2. The van der Waals surface area contributed by atoms with Gasteiger partial charge in [-0.25, -0.2) is 4.79 Å². The molecular formula is C24H26N4O4. The lowest BCUT2D eigenvalue weighted by atomic mass is 10.0. The summed E-state index contributed by atoms with van der Waals surface area (Å²) in [6.45, 7) is 4.80. The number of hydrogen-bond acceptors (Lipinski definition) is 4. The van der Waals surface area contributed by atoms with E-state index >= 15 is 0 Å². The van der Waals surface area contributed by atoms with Gasteiger partial charge in [-0.15, -0.1) is 0 Å². The Bertz CT molecular complexity index is 1100. The van der Waals surface area contributed by atoms with E-state index in [0.717, 1.165) is 22.4 Å². The topological polar surface area (TPSA) is 108 Å². The van der Waals surface area contributed by atoms with E-state index in [4.69, 9.17) is 0 Å². The van der Waals surface area contributed by atoms with Crippen LogP contribution in [0.3, 0.4) is 0 Å². The Balaban J connectivity index is 1.37. The molecule has 0 aliphatic carbocycles. The molecule has 2 aliphatic heterocycles. The van der Waals surface area contributed by atoms with Gasteiger partial charge in [0.05, 0.1) is 0 Å². The number of nitrogens with one attached hydrogen (secondary N) is 3. The van der Waals surface area contributed by atoms with Gasteiger partial charge in [-0.05, 0) is 47.2 Å². The molecule has 166 valence electrons. The molecule has 1 saturated heterocycles. The average Bonchev–Trinajstić information content (AvgIpc) is 3.08. The molecule has 2 aliphatic rings. The second kappa shape index (κ2) is 8.82. The highest BCUT2D eigenvalue weighted by molar-refractivity contribution is 6.05. The number of urea groups is 1. The summed E-state index contributed by atoms with van der Waals surface area (Å²) in [5.74, 6) is -0.578. The van der Waals surface area contributed by atoms with E-state index in [1.54, 1.807) is 12.1 Å². The highest BCUT2D eigenvalue weighted by Crippen LogP contribution is 2.28. The second-order valence-corrected chi connectivity index (χ2v) is 8.48. The van der Waals surface area contributed by atoms with Crippen LogP contribution in [0.25, 0.3) is 0 Å². The molecule has 0 bridgehead atoms. The normalized spacial score (nSPS) is 17.9. The van der Waals surface area contributed by atoms with Crippen molar-refractivity contribution in [3.8, 4) is 0 Å². The van der Waals surface area contributed by atoms with Gasteiger partial charge in [-0.2, -0.15) is 0 Å². The van der Waals surface area contributed by atoms with E-state index in [-0.39, 0.29) is 24.3 Å². The predicted octanol–water partition coefficient (Wildman–Crippen LogP) is 2.89. The Morgan fingerprint density at radius 2 is 1.97 bits per heavy atom. The number of amides is 5. The third-order valence-electron chi connectivity index (χ3n) is 5.85. The first kappa shape index (κ1) is 21.5. The van der Waals surface area contributed by atoms with Crippen LogP contribution in [-0.2, 0) is 22.7 Å². The SMILES string of the molecule is CC(C)c1cccc(NC(=O)NCc2ccc3c(c2)CN(C2CCC(=O)NC2=O)C3=O)c1. The van der Waals surface area contributed by atoms with Gasteiger partial charge in [0, 0.05) is 30.8 Å². The van der Waals surface area contributed by atoms with Gasteiger partial charge in [0.1, 0.15) is 6.04 Å². The lowest BCUT2D eigenvalue weighted by Crippen LogP contribution is -2.52. The van der Waals surface area contributed by atoms with E-state index in [2.05, 4.69) is 29.8 Å². The molecule has 1 fully saturated rings. The highest BCUT2D eigenvalue weighted by atomic mass is 16.2.